The predicted octanol–water partition coefficient (Wildman–Crippen LogP) is 0.387. The molecule has 0 saturated carbocycles. The van der Waals surface area contributed by atoms with Crippen LogP contribution in [0.3, 0.4) is 0 Å². The van der Waals surface area contributed by atoms with E-state index in [2.05, 4.69) is 15.3 Å². The van der Waals surface area contributed by atoms with Gasteiger partial charge in [-0.3, -0.25) is 0 Å². The molecular weight excluding hydrogens is 226 g/mol. The molecule has 1 aromatic heterocycles. The predicted molar refractivity (Wildman–Crippen MR) is 60.1 cm³/mol. The summed E-state index contributed by atoms with van der Waals surface area (Å²) in [6.45, 7) is 0.353. The molecule has 1 aromatic rings. The fourth-order valence-electron chi connectivity index (χ4n) is 1.20. The Bertz CT molecular complexity index is 372. The van der Waals surface area contributed by atoms with Crippen molar-refractivity contribution >= 4 is 11.8 Å². The third-order valence-corrected chi connectivity index (χ3v) is 2.08. The van der Waals surface area contributed by atoms with Gasteiger partial charge in [0.25, 0.3) is 0 Å². The molecule has 1 heterocycles. The summed E-state index contributed by atoms with van der Waals surface area (Å²) in [5.41, 5.74) is 0. The second-order valence-electron chi connectivity index (χ2n) is 3.26. The van der Waals surface area contributed by atoms with Gasteiger partial charge in [-0.2, -0.15) is 0 Å². The number of methoxy groups -OCH3 is 2. The van der Waals surface area contributed by atoms with Crippen molar-refractivity contribution in [1.82, 2.24) is 9.97 Å². The molecule has 1 atom stereocenters. The van der Waals surface area contributed by atoms with E-state index in [9.17, 15) is 4.79 Å². The van der Waals surface area contributed by atoms with Crippen LogP contribution >= 0.6 is 0 Å². The summed E-state index contributed by atoms with van der Waals surface area (Å²) in [6, 6.07) is 0.775. The Hall–Kier alpha value is -1.89. The number of carboxylic acid groups (broad SMARTS) is 1. The van der Waals surface area contributed by atoms with E-state index in [0.717, 1.165) is 0 Å². The molecule has 0 amide bonds. The minimum Gasteiger partial charge on any atom is -0.481 e. The van der Waals surface area contributed by atoms with E-state index in [1.807, 2.05) is 0 Å². The number of carbonyl (C=O) groups is 1. The summed E-state index contributed by atoms with van der Waals surface area (Å²) in [4.78, 5) is 18.7. The highest BCUT2D eigenvalue weighted by Gasteiger charge is 2.17. The molecule has 0 aliphatic rings. The summed E-state index contributed by atoms with van der Waals surface area (Å²) in [5, 5.41) is 11.8. The number of aromatic nitrogens is 2. The molecule has 1 unspecified atom stereocenters. The maximum Gasteiger partial charge on any atom is 0.326 e. The van der Waals surface area contributed by atoms with Gasteiger partial charge in [0.1, 0.15) is 18.2 Å². The standard InChI is InChI=1S/C10H15N3O4/c1-16-4-3-7(10(14)15)13-8-5-9(17-2)12-6-11-8/h5-7H,3-4H2,1-2H3,(H,14,15)(H,11,12,13). The minimum atomic E-state index is -0.959. The van der Waals surface area contributed by atoms with E-state index in [1.165, 1.54) is 26.6 Å². The van der Waals surface area contributed by atoms with Gasteiger partial charge < -0.3 is 19.9 Å². The van der Waals surface area contributed by atoms with Gasteiger partial charge in [-0.05, 0) is 0 Å². The van der Waals surface area contributed by atoms with Crippen molar-refractivity contribution < 1.29 is 19.4 Å². The number of hydrogen-bond donors (Lipinski definition) is 2. The Kier molecular flexibility index (Phi) is 5.15. The van der Waals surface area contributed by atoms with Crippen LogP contribution in [0.2, 0.25) is 0 Å². The van der Waals surface area contributed by atoms with Gasteiger partial charge in [-0.1, -0.05) is 0 Å². The summed E-state index contributed by atoms with van der Waals surface area (Å²) in [5.74, 6) is -0.182. The Morgan fingerprint density at radius 2 is 2.29 bits per heavy atom. The van der Waals surface area contributed by atoms with E-state index in [1.54, 1.807) is 0 Å². The molecular formula is C10H15N3O4. The Balaban J connectivity index is 2.67. The molecule has 0 spiro atoms. The van der Waals surface area contributed by atoms with Crippen LogP contribution in [0.1, 0.15) is 6.42 Å². The lowest BCUT2D eigenvalue weighted by atomic mass is 10.2. The zero-order valence-corrected chi connectivity index (χ0v) is 9.71. The van der Waals surface area contributed by atoms with Crippen molar-refractivity contribution in [2.24, 2.45) is 0 Å². The number of rotatable bonds is 7. The van der Waals surface area contributed by atoms with Crippen LogP contribution < -0.4 is 10.1 Å². The largest absolute Gasteiger partial charge is 0.481 e. The minimum absolute atomic E-state index is 0.345. The molecule has 0 aromatic carbocycles. The molecule has 7 nitrogen and oxygen atoms in total. The van der Waals surface area contributed by atoms with Gasteiger partial charge in [0, 0.05) is 26.2 Å². The molecule has 0 saturated heterocycles. The summed E-state index contributed by atoms with van der Waals surface area (Å²) >= 11 is 0. The Morgan fingerprint density at radius 3 is 2.88 bits per heavy atom. The fourth-order valence-corrected chi connectivity index (χ4v) is 1.20. The van der Waals surface area contributed by atoms with Crippen molar-refractivity contribution in [3.05, 3.63) is 12.4 Å². The molecule has 1 rings (SSSR count). The lowest BCUT2D eigenvalue weighted by Crippen LogP contribution is -2.30. The monoisotopic (exact) mass is 241 g/mol. The lowest BCUT2D eigenvalue weighted by molar-refractivity contribution is -0.138. The van der Waals surface area contributed by atoms with E-state index in [-0.39, 0.29) is 0 Å². The first-order valence-electron chi connectivity index (χ1n) is 5.01. The fraction of sp³-hybridized carbons (Fsp3) is 0.500. The number of nitrogens with one attached hydrogen (secondary N) is 1. The molecule has 0 radical (unpaired) electrons. The first-order valence-corrected chi connectivity index (χ1v) is 5.01. The van der Waals surface area contributed by atoms with Gasteiger partial charge >= 0.3 is 5.97 Å². The highest BCUT2D eigenvalue weighted by molar-refractivity contribution is 5.76. The maximum absolute atomic E-state index is 11.0. The van der Waals surface area contributed by atoms with E-state index in [4.69, 9.17) is 14.6 Å². The van der Waals surface area contributed by atoms with E-state index >= 15 is 0 Å². The van der Waals surface area contributed by atoms with Crippen LogP contribution in [0.25, 0.3) is 0 Å². The number of ether oxygens (including phenoxy) is 2. The van der Waals surface area contributed by atoms with Crippen molar-refractivity contribution in [1.29, 1.82) is 0 Å². The summed E-state index contributed by atoms with van der Waals surface area (Å²) in [6.07, 6.45) is 1.65. The second kappa shape index (κ2) is 6.64. The number of aliphatic carboxylic acids is 1. The van der Waals surface area contributed by atoms with Crippen LogP contribution in [-0.4, -0.2) is 47.9 Å². The second-order valence-corrected chi connectivity index (χ2v) is 3.26. The molecule has 2 N–H and O–H groups in total. The van der Waals surface area contributed by atoms with Crippen molar-refractivity contribution in [2.45, 2.75) is 12.5 Å². The molecule has 0 bridgehead atoms. The number of nitrogens with zero attached hydrogens (tertiary/aromatic N) is 2. The highest BCUT2D eigenvalue weighted by atomic mass is 16.5. The van der Waals surface area contributed by atoms with Gasteiger partial charge in [-0.25, -0.2) is 14.8 Å². The molecule has 0 aliphatic carbocycles. The summed E-state index contributed by atoms with van der Waals surface area (Å²) in [7, 11) is 3.00. The molecule has 0 fully saturated rings. The van der Waals surface area contributed by atoms with E-state index in [0.29, 0.717) is 24.7 Å². The third kappa shape index (κ3) is 4.23. The average molecular weight is 241 g/mol. The SMILES string of the molecule is COCCC(Nc1cc(OC)ncn1)C(=O)O. The lowest BCUT2D eigenvalue weighted by Gasteiger charge is -2.14. The molecule has 94 valence electrons. The zero-order chi connectivity index (χ0) is 12.7. The van der Waals surface area contributed by atoms with Gasteiger partial charge in [-0.15, -0.1) is 0 Å². The number of carboxylic acids is 1. The van der Waals surface area contributed by atoms with Crippen LogP contribution in [0.4, 0.5) is 5.82 Å². The van der Waals surface area contributed by atoms with Gasteiger partial charge in [0.05, 0.1) is 7.11 Å². The smallest absolute Gasteiger partial charge is 0.326 e. The summed E-state index contributed by atoms with van der Waals surface area (Å²) < 4.78 is 9.76. The normalized spacial score (nSPS) is 11.9. The maximum atomic E-state index is 11.0. The third-order valence-electron chi connectivity index (χ3n) is 2.08. The van der Waals surface area contributed by atoms with Crippen molar-refractivity contribution in [2.75, 3.05) is 26.1 Å². The Morgan fingerprint density at radius 1 is 1.53 bits per heavy atom. The Labute approximate surface area is 98.8 Å². The average Bonchev–Trinajstić information content (AvgIpc) is 2.34. The molecule has 0 aliphatic heterocycles. The van der Waals surface area contributed by atoms with Crippen LogP contribution in [0.15, 0.2) is 12.4 Å². The number of anilines is 1. The topological polar surface area (TPSA) is 93.6 Å². The van der Waals surface area contributed by atoms with Gasteiger partial charge in [0.15, 0.2) is 0 Å². The molecule has 7 heteroatoms. The quantitative estimate of drug-likeness (QED) is 0.713. The van der Waals surface area contributed by atoms with Crippen LogP contribution in [-0.2, 0) is 9.53 Å². The number of hydrogen-bond acceptors (Lipinski definition) is 6. The van der Waals surface area contributed by atoms with Crippen LogP contribution in [0, 0.1) is 0 Å². The molecule has 17 heavy (non-hydrogen) atoms. The van der Waals surface area contributed by atoms with Crippen LogP contribution in [0.5, 0.6) is 5.88 Å². The zero-order valence-electron chi connectivity index (χ0n) is 9.71. The van der Waals surface area contributed by atoms with Crippen molar-refractivity contribution in [3.63, 3.8) is 0 Å². The first kappa shape index (κ1) is 13.2. The van der Waals surface area contributed by atoms with Crippen molar-refractivity contribution in [3.8, 4) is 5.88 Å². The van der Waals surface area contributed by atoms with E-state index < -0.39 is 12.0 Å². The first-order chi connectivity index (χ1) is 8.17. The van der Waals surface area contributed by atoms with Gasteiger partial charge in [0.2, 0.25) is 5.88 Å². The highest BCUT2D eigenvalue weighted by Crippen LogP contribution is 2.12.